The van der Waals surface area contributed by atoms with Crippen molar-refractivity contribution >= 4 is 33.7 Å². The summed E-state index contributed by atoms with van der Waals surface area (Å²) in [5, 5.41) is 13.4. The van der Waals surface area contributed by atoms with Crippen LogP contribution in [0.15, 0.2) is 52.0 Å². The summed E-state index contributed by atoms with van der Waals surface area (Å²) in [6.45, 7) is 0. The SMILES string of the molecule is Nc1ccccc1C(=O)NN=Cc1cc(Br)ccc1O. The van der Waals surface area contributed by atoms with Crippen molar-refractivity contribution in [2.45, 2.75) is 0 Å². The Morgan fingerprint density at radius 3 is 2.80 bits per heavy atom. The first kappa shape index (κ1) is 14.1. The molecule has 0 atom stereocenters. The molecule has 0 saturated heterocycles. The molecule has 102 valence electrons. The predicted molar refractivity (Wildman–Crippen MR) is 81.7 cm³/mol. The molecule has 0 aliphatic carbocycles. The van der Waals surface area contributed by atoms with Crippen LogP contribution in [-0.4, -0.2) is 17.2 Å². The van der Waals surface area contributed by atoms with E-state index in [4.69, 9.17) is 5.73 Å². The van der Waals surface area contributed by atoms with Gasteiger partial charge in [0.2, 0.25) is 0 Å². The van der Waals surface area contributed by atoms with Gasteiger partial charge in [0.1, 0.15) is 5.75 Å². The number of hydrogen-bond acceptors (Lipinski definition) is 4. The highest BCUT2D eigenvalue weighted by molar-refractivity contribution is 9.10. The Kier molecular flexibility index (Phi) is 4.37. The van der Waals surface area contributed by atoms with Gasteiger partial charge in [0, 0.05) is 15.7 Å². The summed E-state index contributed by atoms with van der Waals surface area (Å²) in [4.78, 5) is 11.8. The highest BCUT2D eigenvalue weighted by Gasteiger charge is 2.07. The number of nitrogens with two attached hydrogens (primary N) is 1. The molecule has 1 amide bonds. The minimum atomic E-state index is -0.408. The van der Waals surface area contributed by atoms with E-state index in [1.54, 1.807) is 36.4 Å². The third kappa shape index (κ3) is 3.36. The van der Waals surface area contributed by atoms with Gasteiger partial charge in [0.15, 0.2) is 0 Å². The van der Waals surface area contributed by atoms with Crippen LogP contribution in [0.2, 0.25) is 0 Å². The molecule has 20 heavy (non-hydrogen) atoms. The summed E-state index contributed by atoms with van der Waals surface area (Å²) in [5.41, 5.74) is 9.27. The van der Waals surface area contributed by atoms with Gasteiger partial charge < -0.3 is 10.8 Å². The summed E-state index contributed by atoms with van der Waals surface area (Å²) in [6.07, 6.45) is 1.36. The molecular weight excluding hydrogens is 322 g/mol. The number of phenols is 1. The lowest BCUT2D eigenvalue weighted by atomic mass is 10.2. The quantitative estimate of drug-likeness (QED) is 0.458. The van der Waals surface area contributed by atoms with E-state index in [9.17, 15) is 9.90 Å². The molecule has 5 nitrogen and oxygen atoms in total. The van der Waals surface area contributed by atoms with Gasteiger partial charge in [0.05, 0.1) is 11.8 Å². The fraction of sp³-hybridized carbons (Fsp3) is 0. The van der Waals surface area contributed by atoms with Crippen molar-refractivity contribution in [2.24, 2.45) is 5.10 Å². The largest absolute Gasteiger partial charge is 0.507 e. The van der Waals surface area contributed by atoms with Crippen LogP contribution in [0.3, 0.4) is 0 Å². The van der Waals surface area contributed by atoms with Crippen molar-refractivity contribution in [3.05, 3.63) is 58.1 Å². The number of hydrazone groups is 1. The second-order valence-electron chi connectivity index (χ2n) is 3.99. The van der Waals surface area contributed by atoms with E-state index in [-0.39, 0.29) is 5.75 Å². The Bertz CT molecular complexity index is 671. The number of hydrogen-bond donors (Lipinski definition) is 3. The van der Waals surface area contributed by atoms with Gasteiger partial charge in [-0.25, -0.2) is 5.43 Å². The molecule has 0 aromatic heterocycles. The minimum absolute atomic E-state index is 0.0745. The third-order valence-electron chi connectivity index (χ3n) is 2.56. The predicted octanol–water partition coefficient (Wildman–Crippen LogP) is 2.50. The monoisotopic (exact) mass is 333 g/mol. The highest BCUT2D eigenvalue weighted by Crippen LogP contribution is 2.20. The Morgan fingerprint density at radius 2 is 2.05 bits per heavy atom. The van der Waals surface area contributed by atoms with Crippen LogP contribution in [-0.2, 0) is 0 Å². The first-order valence-electron chi connectivity index (χ1n) is 5.74. The average Bonchev–Trinajstić information content (AvgIpc) is 2.43. The number of nitrogen functional groups attached to an aromatic ring is 1. The molecule has 0 heterocycles. The standard InChI is InChI=1S/C14H12BrN3O2/c15-10-5-6-13(19)9(7-10)8-17-18-14(20)11-3-1-2-4-12(11)16/h1-8,19H,16H2,(H,18,20). The van der Waals surface area contributed by atoms with Gasteiger partial charge in [-0.15, -0.1) is 0 Å². The number of nitrogens with one attached hydrogen (secondary N) is 1. The molecule has 6 heteroatoms. The number of phenolic OH excluding ortho intramolecular Hbond substituents is 1. The zero-order valence-corrected chi connectivity index (χ0v) is 12.0. The summed E-state index contributed by atoms with van der Waals surface area (Å²) < 4.78 is 0.801. The molecule has 0 bridgehead atoms. The molecule has 2 aromatic rings. The van der Waals surface area contributed by atoms with Crippen molar-refractivity contribution in [3.8, 4) is 5.75 Å². The Labute approximate surface area is 124 Å². The second-order valence-corrected chi connectivity index (χ2v) is 4.91. The topological polar surface area (TPSA) is 87.7 Å². The number of aromatic hydroxyl groups is 1. The van der Waals surface area contributed by atoms with E-state index in [0.717, 1.165) is 4.47 Å². The van der Waals surface area contributed by atoms with E-state index in [0.29, 0.717) is 16.8 Å². The van der Waals surface area contributed by atoms with Crippen LogP contribution in [0.4, 0.5) is 5.69 Å². The van der Waals surface area contributed by atoms with Gasteiger partial charge in [-0.05, 0) is 30.3 Å². The first-order chi connectivity index (χ1) is 9.58. The molecule has 2 rings (SSSR count). The lowest BCUT2D eigenvalue weighted by Crippen LogP contribution is -2.19. The lowest BCUT2D eigenvalue weighted by Gasteiger charge is -2.03. The molecule has 0 fully saturated rings. The molecule has 0 radical (unpaired) electrons. The van der Waals surface area contributed by atoms with E-state index in [1.807, 2.05) is 0 Å². The molecule has 0 saturated carbocycles. The summed E-state index contributed by atoms with van der Waals surface area (Å²) in [6, 6.07) is 11.6. The van der Waals surface area contributed by atoms with Gasteiger partial charge in [-0.1, -0.05) is 28.1 Å². The van der Waals surface area contributed by atoms with Crippen LogP contribution >= 0.6 is 15.9 Å². The smallest absolute Gasteiger partial charge is 0.273 e. The molecule has 0 unspecified atom stereocenters. The number of benzene rings is 2. The number of carbonyl (C=O) groups excluding carboxylic acids is 1. The fourth-order valence-electron chi connectivity index (χ4n) is 1.55. The second kappa shape index (κ2) is 6.21. The molecule has 0 aliphatic heterocycles. The van der Waals surface area contributed by atoms with E-state index >= 15 is 0 Å². The van der Waals surface area contributed by atoms with E-state index in [2.05, 4.69) is 26.5 Å². The highest BCUT2D eigenvalue weighted by atomic mass is 79.9. The van der Waals surface area contributed by atoms with Crippen molar-refractivity contribution < 1.29 is 9.90 Å². The minimum Gasteiger partial charge on any atom is -0.507 e. The summed E-state index contributed by atoms with van der Waals surface area (Å²) >= 11 is 3.29. The number of anilines is 1. The fourth-order valence-corrected chi connectivity index (χ4v) is 1.93. The van der Waals surface area contributed by atoms with Crippen LogP contribution in [0.25, 0.3) is 0 Å². The van der Waals surface area contributed by atoms with Crippen LogP contribution in [0.1, 0.15) is 15.9 Å². The zero-order chi connectivity index (χ0) is 14.5. The number of amides is 1. The van der Waals surface area contributed by atoms with E-state index < -0.39 is 5.91 Å². The van der Waals surface area contributed by atoms with Crippen LogP contribution in [0.5, 0.6) is 5.75 Å². The Balaban J connectivity index is 2.09. The van der Waals surface area contributed by atoms with Crippen molar-refractivity contribution in [3.63, 3.8) is 0 Å². The number of para-hydroxylation sites is 1. The van der Waals surface area contributed by atoms with Gasteiger partial charge in [0.25, 0.3) is 5.91 Å². The number of nitrogens with zero attached hydrogens (tertiary/aromatic N) is 1. The molecule has 0 aliphatic rings. The van der Waals surface area contributed by atoms with E-state index in [1.165, 1.54) is 12.3 Å². The maximum Gasteiger partial charge on any atom is 0.273 e. The zero-order valence-electron chi connectivity index (χ0n) is 10.4. The maximum atomic E-state index is 11.8. The van der Waals surface area contributed by atoms with Crippen LogP contribution < -0.4 is 11.2 Å². The lowest BCUT2D eigenvalue weighted by molar-refractivity contribution is 0.0956. The van der Waals surface area contributed by atoms with Crippen molar-refractivity contribution in [1.82, 2.24) is 5.43 Å². The van der Waals surface area contributed by atoms with Crippen molar-refractivity contribution in [1.29, 1.82) is 0 Å². The summed E-state index contributed by atoms with van der Waals surface area (Å²) in [5.74, 6) is -0.334. The third-order valence-corrected chi connectivity index (χ3v) is 3.06. The number of halogens is 1. The van der Waals surface area contributed by atoms with Gasteiger partial charge in [-0.3, -0.25) is 4.79 Å². The normalized spacial score (nSPS) is 10.7. The average molecular weight is 334 g/mol. The van der Waals surface area contributed by atoms with Gasteiger partial charge in [-0.2, -0.15) is 5.10 Å². The Morgan fingerprint density at radius 1 is 1.30 bits per heavy atom. The molecule has 4 N–H and O–H groups in total. The number of carbonyl (C=O) groups is 1. The Hall–Kier alpha value is -2.34. The molecular formula is C14H12BrN3O2. The molecule has 0 spiro atoms. The van der Waals surface area contributed by atoms with Crippen molar-refractivity contribution in [2.75, 3.05) is 5.73 Å². The van der Waals surface area contributed by atoms with Gasteiger partial charge >= 0.3 is 0 Å². The molecule has 2 aromatic carbocycles. The first-order valence-corrected chi connectivity index (χ1v) is 6.53. The number of rotatable bonds is 3. The maximum absolute atomic E-state index is 11.8. The van der Waals surface area contributed by atoms with Crippen LogP contribution in [0, 0.1) is 0 Å². The summed E-state index contributed by atoms with van der Waals surface area (Å²) in [7, 11) is 0.